The minimum atomic E-state index is -3.76. The molecule has 0 bridgehead atoms. The van der Waals surface area contributed by atoms with E-state index in [9.17, 15) is 23.6 Å². The number of nitro benzene ring substituents is 1. The quantitative estimate of drug-likeness (QED) is 0.485. The van der Waals surface area contributed by atoms with Gasteiger partial charge in [-0.3, -0.25) is 10.1 Å². The van der Waals surface area contributed by atoms with Crippen molar-refractivity contribution in [1.29, 1.82) is 0 Å². The monoisotopic (exact) mass is 441 g/mol. The molecule has 2 saturated heterocycles. The van der Waals surface area contributed by atoms with E-state index >= 15 is 0 Å². The molecule has 3 rings (SSSR count). The molecule has 2 aliphatic rings. The summed E-state index contributed by atoms with van der Waals surface area (Å²) in [7, 11) is -3.76. The number of nitrogens with zero attached hydrogens (tertiary/aromatic N) is 3. The van der Waals surface area contributed by atoms with Crippen LogP contribution in [0, 0.1) is 22.0 Å². The zero-order chi connectivity index (χ0) is 21.9. The first-order chi connectivity index (χ1) is 14.2. The molecule has 1 aromatic rings. The molecule has 2 heterocycles. The second kappa shape index (κ2) is 9.59. The fourth-order valence-electron chi connectivity index (χ4n) is 4.48. The molecule has 0 unspecified atom stereocenters. The van der Waals surface area contributed by atoms with Gasteiger partial charge >= 0.3 is 5.69 Å². The summed E-state index contributed by atoms with van der Waals surface area (Å²) in [5.74, 6) is 1.08. The Morgan fingerprint density at radius 1 is 1.23 bits per heavy atom. The van der Waals surface area contributed by atoms with E-state index in [4.69, 9.17) is 4.74 Å². The van der Waals surface area contributed by atoms with Crippen LogP contribution in [0.5, 0.6) is 5.75 Å². The Kier molecular flexibility index (Phi) is 7.33. The normalized spacial score (nSPS) is 24.6. The van der Waals surface area contributed by atoms with Crippen LogP contribution in [0.1, 0.15) is 33.1 Å². The highest BCUT2D eigenvalue weighted by Crippen LogP contribution is 2.32. The average molecular weight is 442 g/mol. The van der Waals surface area contributed by atoms with E-state index in [2.05, 4.69) is 18.7 Å². The number of piperidine rings is 1. The van der Waals surface area contributed by atoms with Crippen molar-refractivity contribution in [2.24, 2.45) is 11.8 Å². The zero-order valence-corrected chi connectivity index (χ0v) is 18.4. The number of rotatable bonds is 8. The fourth-order valence-corrected chi connectivity index (χ4v) is 6.02. The van der Waals surface area contributed by atoms with Gasteiger partial charge in [0.15, 0.2) is 5.75 Å². The molecule has 0 aliphatic carbocycles. The number of β-amino-alcohol motifs (C(OH)–C–C–N with tert-alkyl or cyclic N) is 1. The van der Waals surface area contributed by atoms with Crippen LogP contribution in [0.25, 0.3) is 0 Å². The maximum Gasteiger partial charge on any atom is 0.312 e. The lowest BCUT2D eigenvalue weighted by atomic mass is 9.92. The largest absolute Gasteiger partial charge is 0.484 e. The van der Waals surface area contributed by atoms with Crippen LogP contribution in [-0.2, 0) is 10.0 Å². The Bertz CT molecular complexity index is 846. The van der Waals surface area contributed by atoms with E-state index in [0.29, 0.717) is 31.5 Å². The summed E-state index contributed by atoms with van der Waals surface area (Å²) in [5, 5.41) is 21.9. The Labute approximate surface area is 177 Å². The van der Waals surface area contributed by atoms with Gasteiger partial charge in [-0.15, -0.1) is 0 Å². The van der Waals surface area contributed by atoms with E-state index in [-0.39, 0.29) is 17.3 Å². The zero-order valence-electron chi connectivity index (χ0n) is 17.6. The SMILES string of the molecule is C[C@@H]1C[C@H](C)CN(C[C@@H](O)COc2ccc(S(=O)(=O)N3CCCC3)cc2[N+](=O)[O-])C1. The molecule has 30 heavy (non-hydrogen) atoms. The van der Waals surface area contributed by atoms with Crippen LogP contribution >= 0.6 is 0 Å². The van der Waals surface area contributed by atoms with Gasteiger partial charge in [0.2, 0.25) is 10.0 Å². The van der Waals surface area contributed by atoms with Gasteiger partial charge in [0.05, 0.1) is 9.82 Å². The smallest absolute Gasteiger partial charge is 0.312 e. The molecule has 0 spiro atoms. The molecular formula is C20H31N3O6S. The minimum Gasteiger partial charge on any atom is -0.484 e. The standard InChI is InChI=1S/C20H31N3O6S/c1-15-9-16(2)12-21(11-15)13-17(24)14-29-20-6-5-18(10-19(20)23(25)26)30(27,28)22-7-3-4-8-22/h5-6,10,15-17,24H,3-4,7-9,11-14H2,1-2H3/t15-,16+,17-/m1/s1. The number of ether oxygens (including phenoxy) is 1. The van der Waals surface area contributed by atoms with Crippen molar-refractivity contribution in [1.82, 2.24) is 9.21 Å². The van der Waals surface area contributed by atoms with Gasteiger partial charge in [0, 0.05) is 38.8 Å². The van der Waals surface area contributed by atoms with Crippen molar-refractivity contribution in [2.45, 2.75) is 44.1 Å². The third kappa shape index (κ3) is 5.48. The van der Waals surface area contributed by atoms with Gasteiger partial charge in [-0.25, -0.2) is 8.42 Å². The van der Waals surface area contributed by atoms with Crippen molar-refractivity contribution >= 4 is 15.7 Å². The van der Waals surface area contributed by atoms with Crippen LogP contribution in [0.3, 0.4) is 0 Å². The summed E-state index contributed by atoms with van der Waals surface area (Å²) in [5.41, 5.74) is -0.414. The molecular weight excluding hydrogens is 410 g/mol. The molecule has 2 aliphatic heterocycles. The van der Waals surface area contributed by atoms with E-state index in [0.717, 1.165) is 32.0 Å². The summed E-state index contributed by atoms with van der Waals surface area (Å²) >= 11 is 0. The van der Waals surface area contributed by atoms with Gasteiger partial charge in [0.25, 0.3) is 0 Å². The number of nitro groups is 1. The Balaban J connectivity index is 1.66. The molecule has 2 fully saturated rings. The van der Waals surface area contributed by atoms with Crippen LogP contribution in [-0.4, -0.2) is 73.1 Å². The summed E-state index contributed by atoms with van der Waals surface area (Å²) in [6.45, 7) is 7.37. The number of likely N-dealkylation sites (tertiary alicyclic amines) is 1. The fraction of sp³-hybridized carbons (Fsp3) is 0.700. The number of hydrogen-bond acceptors (Lipinski definition) is 7. The maximum absolute atomic E-state index is 12.7. The highest BCUT2D eigenvalue weighted by Gasteiger charge is 2.30. The molecule has 1 N–H and O–H groups in total. The second-order valence-electron chi connectivity index (χ2n) is 8.63. The van der Waals surface area contributed by atoms with Crippen molar-refractivity contribution in [3.8, 4) is 5.75 Å². The summed E-state index contributed by atoms with van der Waals surface area (Å²) in [6.07, 6.45) is 1.95. The first kappa shape index (κ1) is 22.9. The first-order valence-corrected chi connectivity index (χ1v) is 11.9. The second-order valence-corrected chi connectivity index (χ2v) is 10.6. The van der Waals surface area contributed by atoms with Gasteiger partial charge in [0.1, 0.15) is 12.7 Å². The van der Waals surface area contributed by atoms with Gasteiger partial charge in [-0.05, 0) is 43.2 Å². The lowest BCUT2D eigenvalue weighted by Crippen LogP contribution is -2.44. The number of aliphatic hydroxyl groups is 1. The van der Waals surface area contributed by atoms with Crippen LogP contribution < -0.4 is 4.74 Å². The molecule has 0 amide bonds. The van der Waals surface area contributed by atoms with Gasteiger partial charge in [-0.1, -0.05) is 13.8 Å². The van der Waals surface area contributed by atoms with Crippen LogP contribution in [0.4, 0.5) is 5.69 Å². The molecule has 10 heteroatoms. The maximum atomic E-state index is 12.7. The Morgan fingerprint density at radius 3 is 2.47 bits per heavy atom. The highest BCUT2D eigenvalue weighted by atomic mass is 32.2. The van der Waals surface area contributed by atoms with Crippen molar-refractivity contribution in [3.05, 3.63) is 28.3 Å². The lowest BCUT2D eigenvalue weighted by Gasteiger charge is -2.35. The predicted molar refractivity (Wildman–Crippen MR) is 112 cm³/mol. The Morgan fingerprint density at radius 2 is 1.87 bits per heavy atom. The molecule has 0 aromatic heterocycles. The van der Waals surface area contributed by atoms with E-state index in [1.165, 1.54) is 22.9 Å². The number of benzene rings is 1. The predicted octanol–water partition coefficient (Wildman–Crippen LogP) is 2.10. The van der Waals surface area contributed by atoms with Gasteiger partial charge in [-0.2, -0.15) is 4.31 Å². The van der Waals surface area contributed by atoms with Crippen LogP contribution in [0.2, 0.25) is 0 Å². The average Bonchev–Trinajstić information content (AvgIpc) is 3.21. The third-order valence-corrected chi connectivity index (χ3v) is 7.57. The van der Waals surface area contributed by atoms with Crippen molar-refractivity contribution in [2.75, 3.05) is 39.3 Å². The Hall–Kier alpha value is -1.75. The molecule has 168 valence electrons. The molecule has 0 saturated carbocycles. The highest BCUT2D eigenvalue weighted by molar-refractivity contribution is 7.89. The summed E-state index contributed by atoms with van der Waals surface area (Å²) < 4.78 is 32.2. The topological polar surface area (TPSA) is 113 Å². The lowest BCUT2D eigenvalue weighted by molar-refractivity contribution is -0.386. The molecule has 9 nitrogen and oxygen atoms in total. The third-order valence-electron chi connectivity index (χ3n) is 5.67. The van der Waals surface area contributed by atoms with E-state index < -0.39 is 26.7 Å². The first-order valence-electron chi connectivity index (χ1n) is 10.5. The minimum absolute atomic E-state index is 0.0418. The number of sulfonamides is 1. The van der Waals surface area contributed by atoms with E-state index in [1.807, 2.05) is 0 Å². The summed E-state index contributed by atoms with van der Waals surface area (Å²) in [4.78, 5) is 12.9. The molecule has 0 radical (unpaired) electrons. The molecule has 3 atom stereocenters. The van der Waals surface area contributed by atoms with Gasteiger partial charge < -0.3 is 14.7 Å². The number of hydrogen-bond donors (Lipinski definition) is 1. The molecule has 1 aromatic carbocycles. The number of aliphatic hydroxyl groups excluding tert-OH is 1. The summed E-state index contributed by atoms with van der Waals surface area (Å²) in [6, 6.07) is 3.68. The van der Waals surface area contributed by atoms with Crippen molar-refractivity contribution < 1.29 is 23.2 Å². The van der Waals surface area contributed by atoms with E-state index in [1.54, 1.807) is 0 Å². The van der Waals surface area contributed by atoms with Crippen LogP contribution in [0.15, 0.2) is 23.1 Å². The van der Waals surface area contributed by atoms with Crippen molar-refractivity contribution in [3.63, 3.8) is 0 Å².